The third-order valence-electron chi connectivity index (χ3n) is 3.47. The molecule has 0 heterocycles. The number of carbonyl (C=O) groups is 1. The minimum absolute atomic E-state index is 0.0246. The fourth-order valence-corrected chi connectivity index (χ4v) is 2.14. The van der Waals surface area contributed by atoms with E-state index in [1.807, 2.05) is 43.3 Å². The Bertz CT molecular complexity index is 585. The number of aryl methyl sites for hydroxylation is 1. The van der Waals surface area contributed by atoms with Gasteiger partial charge in [-0.1, -0.05) is 50.2 Å². The molecule has 1 N–H and O–H groups in total. The minimum atomic E-state index is 0.0246. The Morgan fingerprint density at radius 3 is 2.30 bits per heavy atom. The summed E-state index contributed by atoms with van der Waals surface area (Å²) < 4.78 is 0. The summed E-state index contributed by atoms with van der Waals surface area (Å²) in [5, 5.41) is 2.94. The van der Waals surface area contributed by atoms with E-state index in [9.17, 15) is 4.79 Å². The number of hydrogen-bond acceptors (Lipinski definition) is 1. The van der Waals surface area contributed by atoms with Crippen LogP contribution >= 0.6 is 0 Å². The standard InChI is InChI=1S/C18H21NO/c1-13(2)15-8-10-17(11-9-15)19-18(20)12-16-7-5-4-6-14(16)3/h4-11,13H,12H2,1-3H3,(H,19,20). The quantitative estimate of drug-likeness (QED) is 0.879. The van der Waals surface area contributed by atoms with Crippen molar-refractivity contribution in [1.29, 1.82) is 0 Å². The van der Waals surface area contributed by atoms with Gasteiger partial charge in [0.25, 0.3) is 0 Å². The summed E-state index contributed by atoms with van der Waals surface area (Å²) in [7, 11) is 0. The maximum atomic E-state index is 12.0. The topological polar surface area (TPSA) is 29.1 Å². The second-order valence-corrected chi connectivity index (χ2v) is 5.43. The van der Waals surface area contributed by atoms with E-state index in [1.165, 1.54) is 5.56 Å². The second kappa shape index (κ2) is 6.38. The third kappa shape index (κ3) is 3.70. The van der Waals surface area contributed by atoms with Gasteiger partial charge in [-0.05, 0) is 41.7 Å². The van der Waals surface area contributed by atoms with E-state index >= 15 is 0 Å². The Balaban J connectivity index is 1.99. The lowest BCUT2D eigenvalue weighted by Gasteiger charge is -2.09. The van der Waals surface area contributed by atoms with Gasteiger partial charge in [-0.2, -0.15) is 0 Å². The smallest absolute Gasteiger partial charge is 0.228 e. The van der Waals surface area contributed by atoms with E-state index in [4.69, 9.17) is 0 Å². The second-order valence-electron chi connectivity index (χ2n) is 5.43. The van der Waals surface area contributed by atoms with Gasteiger partial charge < -0.3 is 5.32 Å². The molecule has 2 rings (SSSR count). The van der Waals surface area contributed by atoms with Crippen LogP contribution < -0.4 is 5.32 Å². The average molecular weight is 267 g/mol. The zero-order valence-electron chi connectivity index (χ0n) is 12.3. The Morgan fingerprint density at radius 2 is 1.70 bits per heavy atom. The van der Waals surface area contributed by atoms with Crippen LogP contribution in [0.2, 0.25) is 0 Å². The van der Waals surface area contributed by atoms with E-state index < -0.39 is 0 Å². The van der Waals surface area contributed by atoms with Crippen molar-refractivity contribution < 1.29 is 4.79 Å². The molecule has 2 nitrogen and oxygen atoms in total. The number of carbonyl (C=O) groups excluding carboxylic acids is 1. The van der Waals surface area contributed by atoms with Gasteiger partial charge in [-0.15, -0.1) is 0 Å². The van der Waals surface area contributed by atoms with Crippen LogP contribution in [0.5, 0.6) is 0 Å². The van der Waals surface area contributed by atoms with Gasteiger partial charge in [-0.25, -0.2) is 0 Å². The molecule has 0 saturated heterocycles. The summed E-state index contributed by atoms with van der Waals surface area (Å²) in [5.74, 6) is 0.531. The molecule has 2 aromatic carbocycles. The van der Waals surface area contributed by atoms with Crippen LogP contribution in [-0.4, -0.2) is 5.91 Å². The van der Waals surface area contributed by atoms with Crippen LogP contribution in [0.1, 0.15) is 36.5 Å². The van der Waals surface area contributed by atoms with Crippen molar-refractivity contribution in [2.45, 2.75) is 33.1 Å². The molecule has 0 spiro atoms. The van der Waals surface area contributed by atoms with Gasteiger partial charge >= 0.3 is 0 Å². The predicted octanol–water partition coefficient (Wildman–Crippen LogP) is 4.30. The van der Waals surface area contributed by atoms with Gasteiger partial charge in [0.1, 0.15) is 0 Å². The first-order chi connectivity index (χ1) is 9.56. The third-order valence-corrected chi connectivity index (χ3v) is 3.47. The van der Waals surface area contributed by atoms with Crippen molar-refractivity contribution in [1.82, 2.24) is 0 Å². The first kappa shape index (κ1) is 14.3. The summed E-state index contributed by atoms with van der Waals surface area (Å²) in [6.07, 6.45) is 0.415. The van der Waals surface area contributed by atoms with Crippen LogP contribution in [0.4, 0.5) is 5.69 Å². The molecular formula is C18H21NO. The zero-order valence-corrected chi connectivity index (χ0v) is 12.3. The maximum absolute atomic E-state index is 12.0. The Morgan fingerprint density at radius 1 is 1.05 bits per heavy atom. The first-order valence-corrected chi connectivity index (χ1v) is 7.00. The lowest BCUT2D eigenvalue weighted by molar-refractivity contribution is -0.115. The van der Waals surface area contributed by atoms with Crippen LogP contribution in [0.25, 0.3) is 0 Å². The van der Waals surface area contributed by atoms with Gasteiger partial charge in [0.2, 0.25) is 5.91 Å². The molecule has 0 unspecified atom stereocenters. The number of hydrogen-bond donors (Lipinski definition) is 1. The molecule has 0 fully saturated rings. The molecule has 104 valence electrons. The van der Waals surface area contributed by atoms with E-state index in [0.717, 1.165) is 16.8 Å². The monoisotopic (exact) mass is 267 g/mol. The van der Waals surface area contributed by atoms with Crippen LogP contribution in [0, 0.1) is 6.92 Å². The van der Waals surface area contributed by atoms with E-state index in [-0.39, 0.29) is 5.91 Å². The summed E-state index contributed by atoms with van der Waals surface area (Å²) in [6, 6.07) is 16.0. The summed E-state index contributed by atoms with van der Waals surface area (Å²) in [5.41, 5.74) is 4.36. The SMILES string of the molecule is Cc1ccccc1CC(=O)Nc1ccc(C(C)C)cc1. The first-order valence-electron chi connectivity index (χ1n) is 7.00. The van der Waals surface area contributed by atoms with Crippen LogP contribution in [0.3, 0.4) is 0 Å². The van der Waals surface area contributed by atoms with Crippen molar-refractivity contribution >= 4 is 11.6 Å². The maximum Gasteiger partial charge on any atom is 0.228 e. The summed E-state index contributed by atoms with van der Waals surface area (Å²) in [6.45, 7) is 6.34. The highest BCUT2D eigenvalue weighted by atomic mass is 16.1. The van der Waals surface area contributed by atoms with Crippen LogP contribution in [-0.2, 0) is 11.2 Å². The molecule has 0 atom stereocenters. The highest BCUT2D eigenvalue weighted by Gasteiger charge is 2.06. The van der Waals surface area contributed by atoms with E-state index in [1.54, 1.807) is 0 Å². The Labute approximate surface area is 120 Å². The molecule has 20 heavy (non-hydrogen) atoms. The van der Waals surface area contributed by atoms with Gasteiger partial charge in [-0.3, -0.25) is 4.79 Å². The molecule has 0 bridgehead atoms. The van der Waals surface area contributed by atoms with Crippen molar-refractivity contribution in [3.8, 4) is 0 Å². The van der Waals surface area contributed by atoms with Gasteiger partial charge in [0.15, 0.2) is 0 Å². The average Bonchev–Trinajstić information content (AvgIpc) is 2.42. The van der Waals surface area contributed by atoms with Crippen molar-refractivity contribution in [3.05, 3.63) is 65.2 Å². The number of benzene rings is 2. The van der Waals surface area contributed by atoms with E-state index in [0.29, 0.717) is 12.3 Å². The molecule has 0 saturated carbocycles. The van der Waals surface area contributed by atoms with Gasteiger partial charge in [0.05, 0.1) is 6.42 Å². The van der Waals surface area contributed by atoms with Crippen LogP contribution in [0.15, 0.2) is 48.5 Å². The number of nitrogens with one attached hydrogen (secondary N) is 1. The number of rotatable bonds is 4. The largest absolute Gasteiger partial charge is 0.326 e. The number of anilines is 1. The predicted molar refractivity (Wildman–Crippen MR) is 84.0 cm³/mol. The lowest BCUT2D eigenvalue weighted by Crippen LogP contribution is -2.15. The lowest BCUT2D eigenvalue weighted by atomic mass is 10.0. The normalized spacial score (nSPS) is 10.6. The zero-order chi connectivity index (χ0) is 14.5. The highest BCUT2D eigenvalue weighted by Crippen LogP contribution is 2.17. The Hall–Kier alpha value is -2.09. The highest BCUT2D eigenvalue weighted by molar-refractivity contribution is 5.92. The molecule has 2 heteroatoms. The fraction of sp³-hybridized carbons (Fsp3) is 0.278. The van der Waals surface area contributed by atoms with Crippen molar-refractivity contribution in [2.75, 3.05) is 5.32 Å². The van der Waals surface area contributed by atoms with E-state index in [2.05, 4.69) is 31.3 Å². The number of amides is 1. The fourth-order valence-electron chi connectivity index (χ4n) is 2.14. The Kier molecular flexibility index (Phi) is 4.57. The molecule has 0 radical (unpaired) electrons. The van der Waals surface area contributed by atoms with Gasteiger partial charge in [0, 0.05) is 5.69 Å². The molecule has 1 amide bonds. The summed E-state index contributed by atoms with van der Waals surface area (Å²) in [4.78, 5) is 12.0. The molecular weight excluding hydrogens is 246 g/mol. The molecule has 2 aromatic rings. The van der Waals surface area contributed by atoms with Crippen molar-refractivity contribution in [2.24, 2.45) is 0 Å². The molecule has 0 aliphatic heterocycles. The minimum Gasteiger partial charge on any atom is -0.326 e. The van der Waals surface area contributed by atoms with Crippen molar-refractivity contribution in [3.63, 3.8) is 0 Å². The molecule has 0 aliphatic rings. The summed E-state index contributed by atoms with van der Waals surface area (Å²) >= 11 is 0. The molecule has 0 aromatic heterocycles. The molecule has 0 aliphatic carbocycles.